The van der Waals surface area contributed by atoms with Crippen molar-refractivity contribution in [2.75, 3.05) is 6.61 Å². The number of halogens is 1. The minimum absolute atomic E-state index is 0.104. The quantitative estimate of drug-likeness (QED) is 0.369. The van der Waals surface area contributed by atoms with Gasteiger partial charge in [-0.1, -0.05) is 6.58 Å². The molecule has 1 N–H and O–H groups in total. The Morgan fingerprint density at radius 2 is 2.50 bits per heavy atom. The van der Waals surface area contributed by atoms with E-state index in [4.69, 9.17) is 16.7 Å². The smallest absolute Gasteiger partial charge is 0.223 e. The molecule has 10 heavy (non-hydrogen) atoms. The Bertz CT molecular complexity index is 124. The summed E-state index contributed by atoms with van der Waals surface area (Å²) in [6.07, 6.45) is 0.321. The van der Waals surface area contributed by atoms with Gasteiger partial charge in [-0.3, -0.25) is 4.79 Å². The zero-order valence-electron chi connectivity index (χ0n) is 5.42. The molecule has 0 aromatic rings. The van der Waals surface area contributed by atoms with Crippen LogP contribution in [0.3, 0.4) is 0 Å². The van der Waals surface area contributed by atoms with Gasteiger partial charge in [-0.05, 0) is 17.7 Å². The van der Waals surface area contributed by atoms with Crippen LogP contribution in [0.4, 0.5) is 0 Å². The van der Waals surface area contributed by atoms with Crippen LogP contribution in [0.5, 0.6) is 0 Å². The van der Waals surface area contributed by atoms with E-state index in [9.17, 15) is 4.79 Å². The van der Waals surface area contributed by atoms with Gasteiger partial charge < -0.3 is 9.84 Å². The van der Waals surface area contributed by atoms with Crippen molar-refractivity contribution in [3.63, 3.8) is 0 Å². The third-order valence-electron chi connectivity index (χ3n) is 0.789. The number of ether oxygens (including phenoxy) is 1. The first-order valence-corrected chi connectivity index (χ1v) is 3.15. The van der Waals surface area contributed by atoms with Crippen LogP contribution in [0.1, 0.15) is 6.42 Å². The van der Waals surface area contributed by atoms with Crippen LogP contribution in [0.15, 0.2) is 12.7 Å². The average Bonchev–Trinajstić information content (AvgIpc) is 1.87. The molecule has 0 aliphatic carbocycles. The minimum Gasteiger partial charge on any atom is -0.365 e. The van der Waals surface area contributed by atoms with E-state index in [2.05, 4.69) is 11.3 Å². The Morgan fingerprint density at radius 3 is 2.90 bits per heavy atom. The molecule has 0 bridgehead atoms. The Kier molecular flexibility index (Phi) is 5.20. The fraction of sp³-hybridized carbons (Fsp3) is 0.500. The van der Waals surface area contributed by atoms with Gasteiger partial charge in [0.25, 0.3) is 0 Å². The molecule has 58 valence electrons. The summed E-state index contributed by atoms with van der Waals surface area (Å²) in [5, 5.41) is 8.20. The second kappa shape index (κ2) is 5.41. The van der Waals surface area contributed by atoms with Gasteiger partial charge in [0, 0.05) is 6.42 Å². The maximum Gasteiger partial charge on any atom is 0.223 e. The molecular formula is C6H9ClO3. The number of aliphatic hydroxyl groups is 1. The van der Waals surface area contributed by atoms with E-state index in [-0.39, 0.29) is 13.0 Å². The lowest BCUT2D eigenvalue weighted by atomic mass is 10.5. The van der Waals surface area contributed by atoms with Crippen molar-refractivity contribution in [1.29, 1.82) is 0 Å². The van der Waals surface area contributed by atoms with Crippen LogP contribution in [0.25, 0.3) is 0 Å². The van der Waals surface area contributed by atoms with Crippen molar-refractivity contribution in [3.8, 4) is 0 Å². The topological polar surface area (TPSA) is 46.5 Å². The summed E-state index contributed by atoms with van der Waals surface area (Å²) in [7, 11) is 0. The molecule has 0 heterocycles. The maximum atomic E-state index is 10.1. The summed E-state index contributed by atoms with van der Waals surface area (Å²) in [5.74, 6) is 0. The van der Waals surface area contributed by atoms with Crippen LogP contribution in [0, 0.1) is 0 Å². The molecule has 0 saturated carbocycles. The lowest BCUT2D eigenvalue weighted by Gasteiger charge is -2.04. The number of rotatable bonds is 5. The van der Waals surface area contributed by atoms with Gasteiger partial charge in [0.2, 0.25) is 5.24 Å². The lowest BCUT2D eigenvalue weighted by molar-refractivity contribution is -0.115. The molecule has 0 fully saturated rings. The van der Waals surface area contributed by atoms with E-state index in [1.165, 1.54) is 6.08 Å². The Hall–Kier alpha value is -0.380. The van der Waals surface area contributed by atoms with Crippen LogP contribution in [-0.2, 0) is 9.53 Å². The summed E-state index contributed by atoms with van der Waals surface area (Å²) in [6.45, 7) is 3.39. The maximum absolute atomic E-state index is 10.1. The van der Waals surface area contributed by atoms with E-state index in [0.717, 1.165) is 0 Å². The third kappa shape index (κ3) is 5.75. The fourth-order valence-corrected chi connectivity index (χ4v) is 0.405. The minimum atomic E-state index is -1.00. The highest BCUT2D eigenvalue weighted by atomic mass is 35.5. The molecule has 0 saturated heterocycles. The molecule has 3 nitrogen and oxygen atoms in total. The first-order chi connectivity index (χ1) is 4.66. The molecule has 0 aromatic heterocycles. The van der Waals surface area contributed by atoms with Gasteiger partial charge in [-0.2, -0.15) is 0 Å². The van der Waals surface area contributed by atoms with Crippen molar-refractivity contribution in [2.45, 2.75) is 12.7 Å². The van der Waals surface area contributed by atoms with Gasteiger partial charge in [0.15, 0.2) is 6.29 Å². The van der Waals surface area contributed by atoms with Crippen molar-refractivity contribution >= 4 is 16.8 Å². The molecule has 1 atom stereocenters. The van der Waals surface area contributed by atoms with Gasteiger partial charge in [0.1, 0.15) is 0 Å². The molecule has 0 radical (unpaired) electrons. The van der Waals surface area contributed by atoms with E-state index >= 15 is 0 Å². The molecule has 0 spiro atoms. The molecule has 0 aromatic carbocycles. The number of hydrogen-bond donors (Lipinski definition) is 1. The van der Waals surface area contributed by atoms with Crippen molar-refractivity contribution in [3.05, 3.63) is 12.7 Å². The van der Waals surface area contributed by atoms with Crippen LogP contribution < -0.4 is 0 Å². The lowest BCUT2D eigenvalue weighted by Crippen LogP contribution is -2.10. The summed E-state index contributed by atoms with van der Waals surface area (Å²) >= 11 is 4.98. The molecule has 4 heteroatoms. The summed E-state index contributed by atoms with van der Waals surface area (Å²) < 4.78 is 4.63. The average molecular weight is 165 g/mol. The molecule has 0 aliphatic heterocycles. The standard InChI is InChI=1S/C6H9ClO3/c1-2-6(9)10-4-3-5(7)8/h2,6,9H,1,3-4H2. The zero-order chi connectivity index (χ0) is 7.98. The molecule has 1 unspecified atom stereocenters. The largest absolute Gasteiger partial charge is 0.365 e. The number of hydrogen-bond acceptors (Lipinski definition) is 3. The van der Waals surface area contributed by atoms with E-state index < -0.39 is 11.5 Å². The highest BCUT2D eigenvalue weighted by Crippen LogP contribution is 1.93. The predicted molar refractivity (Wildman–Crippen MR) is 37.6 cm³/mol. The number of carbonyl (C=O) groups is 1. The van der Waals surface area contributed by atoms with Crippen molar-refractivity contribution < 1.29 is 14.6 Å². The molecule has 0 amide bonds. The van der Waals surface area contributed by atoms with E-state index in [1.54, 1.807) is 0 Å². The van der Waals surface area contributed by atoms with Gasteiger partial charge in [-0.25, -0.2) is 0 Å². The first kappa shape index (κ1) is 9.62. The third-order valence-corrected chi connectivity index (χ3v) is 0.978. The normalized spacial score (nSPS) is 12.6. The highest BCUT2D eigenvalue weighted by Gasteiger charge is 1.99. The summed E-state index contributed by atoms with van der Waals surface area (Å²) in [5.41, 5.74) is 0. The number of carbonyl (C=O) groups excluding carboxylic acids is 1. The van der Waals surface area contributed by atoms with E-state index in [1.807, 2.05) is 0 Å². The SMILES string of the molecule is C=CC(O)OCCC(=O)Cl. The second-order valence-corrected chi connectivity index (χ2v) is 2.02. The van der Waals surface area contributed by atoms with Crippen LogP contribution >= 0.6 is 11.6 Å². The number of aliphatic hydroxyl groups excluding tert-OH is 1. The fourth-order valence-electron chi connectivity index (χ4n) is 0.328. The summed E-state index contributed by atoms with van der Waals surface area (Å²) in [6, 6.07) is 0. The Labute approximate surface area is 64.2 Å². The van der Waals surface area contributed by atoms with Crippen molar-refractivity contribution in [1.82, 2.24) is 0 Å². The molecule has 0 aliphatic rings. The van der Waals surface area contributed by atoms with Gasteiger partial charge >= 0.3 is 0 Å². The Morgan fingerprint density at radius 1 is 1.90 bits per heavy atom. The monoisotopic (exact) mass is 164 g/mol. The van der Waals surface area contributed by atoms with Gasteiger partial charge in [-0.15, -0.1) is 0 Å². The molecular weight excluding hydrogens is 156 g/mol. The first-order valence-electron chi connectivity index (χ1n) is 2.77. The van der Waals surface area contributed by atoms with E-state index in [0.29, 0.717) is 0 Å². The predicted octanol–water partition coefficient (Wildman–Crippen LogP) is 0.663. The summed E-state index contributed by atoms with van der Waals surface area (Å²) in [4.78, 5) is 10.1. The highest BCUT2D eigenvalue weighted by molar-refractivity contribution is 6.63. The van der Waals surface area contributed by atoms with Crippen molar-refractivity contribution in [2.24, 2.45) is 0 Å². The van der Waals surface area contributed by atoms with Gasteiger partial charge in [0.05, 0.1) is 6.61 Å². The molecule has 0 rings (SSSR count). The van der Waals surface area contributed by atoms with Crippen LogP contribution in [-0.4, -0.2) is 23.2 Å². The second-order valence-electron chi connectivity index (χ2n) is 1.60. The zero-order valence-corrected chi connectivity index (χ0v) is 6.17. The Balaban J connectivity index is 3.19. The van der Waals surface area contributed by atoms with Crippen LogP contribution in [0.2, 0.25) is 0 Å².